The molecule has 0 radical (unpaired) electrons. The highest BCUT2D eigenvalue weighted by atomic mass is 32.1. The molecule has 7 heteroatoms. The van der Waals surface area contributed by atoms with Gasteiger partial charge in [0.15, 0.2) is 0 Å². The Bertz CT molecular complexity index is 1060. The van der Waals surface area contributed by atoms with Gasteiger partial charge in [0.05, 0.1) is 23.3 Å². The molecular formula is C23H27N3O2S2. The third-order valence-electron chi connectivity index (χ3n) is 6.62. The average molecular weight is 442 g/mol. The van der Waals surface area contributed by atoms with Crippen LogP contribution in [0.1, 0.15) is 60.8 Å². The highest BCUT2D eigenvalue weighted by Gasteiger charge is 2.48. The molecule has 4 heterocycles. The van der Waals surface area contributed by atoms with E-state index in [1.807, 2.05) is 40.5 Å². The van der Waals surface area contributed by atoms with Crippen LogP contribution in [0.2, 0.25) is 0 Å². The van der Waals surface area contributed by atoms with E-state index >= 15 is 0 Å². The summed E-state index contributed by atoms with van der Waals surface area (Å²) >= 11 is 3.27. The summed E-state index contributed by atoms with van der Waals surface area (Å²) in [5.74, 6) is -0.0846. The molecule has 1 aliphatic carbocycles. The zero-order valence-electron chi connectivity index (χ0n) is 17.2. The van der Waals surface area contributed by atoms with E-state index in [2.05, 4.69) is 11.4 Å². The van der Waals surface area contributed by atoms with Crippen molar-refractivity contribution in [3.63, 3.8) is 0 Å². The molecule has 0 aromatic carbocycles. The SMILES string of the molecule is C[C@@]1(C(=O)NC2CCCCCC2)Cn2c(cc3sccc32)C(=O)N1Cc1cccs1. The Morgan fingerprint density at radius 1 is 1.17 bits per heavy atom. The van der Waals surface area contributed by atoms with Gasteiger partial charge in [-0.3, -0.25) is 9.59 Å². The lowest BCUT2D eigenvalue weighted by Gasteiger charge is -2.44. The van der Waals surface area contributed by atoms with Crippen LogP contribution in [0, 0.1) is 0 Å². The molecule has 1 N–H and O–H groups in total. The van der Waals surface area contributed by atoms with Crippen molar-refractivity contribution in [3.8, 4) is 0 Å². The van der Waals surface area contributed by atoms with Crippen LogP contribution in [0.25, 0.3) is 10.2 Å². The van der Waals surface area contributed by atoms with Crippen LogP contribution in [-0.4, -0.2) is 32.9 Å². The minimum atomic E-state index is -0.922. The van der Waals surface area contributed by atoms with E-state index in [1.54, 1.807) is 27.6 Å². The van der Waals surface area contributed by atoms with Crippen molar-refractivity contribution in [3.05, 3.63) is 45.6 Å². The lowest BCUT2D eigenvalue weighted by molar-refractivity contribution is -0.134. The molecule has 30 heavy (non-hydrogen) atoms. The predicted octanol–water partition coefficient (Wildman–Crippen LogP) is 5.02. The standard InChI is InChI=1S/C23H27N3O2S2/c1-23(22(28)24-16-7-4-2-3-5-8-16)15-25-18-10-12-30-20(18)13-19(25)21(27)26(23)14-17-9-6-11-29-17/h6,9-13,16H,2-5,7-8,14-15H2,1H3,(H,24,28)/t23-/m0/s1. The largest absolute Gasteiger partial charge is 0.351 e. The van der Waals surface area contributed by atoms with E-state index in [0.29, 0.717) is 18.8 Å². The summed E-state index contributed by atoms with van der Waals surface area (Å²) in [4.78, 5) is 30.2. The minimum absolute atomic E-state index is 0.0259. The van der Waals surface area contributed by atoms with E-state index in [1.165, 1.54) is 12.8 Å². The Balaban J connectivity index is 1.51. The third kappa shape index (κ3) is 3.38. The number of nitrogens with zero attached hydrogens (tertiary/aromatic N) is 2. The zero-order valence-corrected chi connectivity index (χ0v) is 18.9. The van der Waals surface area contributed by atoms with E-state index in [9.17, 15) is 9.59 Å². The van der Waals surface area contributed by atoms with E-state index in [0.717, 1.165) is 40.8 Å². The number of carbonyl (C=O) groups is 2. The summed E-state index contributed by atoms with van der Waals surface area (Å²) in [6, 6.07) is 8.27. The Morgan fingerprint density at radius 2 is 1.97 bits per heavy atom. The van der Waals surface area contributed by atoms with E-state index in [4.69, 9.17) is 0 Å². The Labute approximate surface area is 184 Å². The Morgan fingerprint density at radius 3 is 2.70 bits per heavy atom. The maximum absolute atomic E-state index is 13.7. The van der Waals surface area contributed by atoms with Crippen molar-refractivity contribution in [1.82, 2.24) is 14.8 Å². The summed E-state index contributed by atoms with van der Waals surface area (Å²) in [7, 11) is 0. The molecule has 5 rings (SSSR count). The van der Waals surface area contributed by atoms with Gasteiger partial charge in [-0.1, -0.05) is 31.7 Å². The van der Waals surface area contributed by atoms with Crippen molar-refractivity contribution >= 4 is 44.7 Å². The molecule has 158 valence electrons. The summed E-state index contributed by atoms with van der Waals surface area (Å²) in [6.45, 7) is 2.88. The van der Waals surface area contributed by atoms with Crippen LogP contribution in [0.15, 0.2) is 35.0 Å². The first-order valence-electron chi connectivity index (χ1n) is 10.8. The molecule has 2 aliphatic rings. The molecule has 5 nitrogen and oxygen atoms in total. The lowest BCUT2D eigenvalue weighted by Crippen LogP contribution is -2.64. The molecule has 0 saturated heterocycles. The quantitative estimate of drug-likeness (QED) is 0.578. The summed E-state index contributed by atoms with van der Waals surface area (Å²) < 4.78 is 3.15. The van der Waals surface area contributed by atoms with Crippen molar-refractivity contribution in [2.45, 2.75) is 70.1 Å². The van der Waals surface area contributed by atoms with Gasteiger partial charge in [-0.05, 0) is 48.7 Å². The maximum Gasteiger partial charge on any atom is 0.271 e. The number of hydrogen-bond donors (Lipinski definition) is 1. The van der Waals surface area contributed by atoms with Crippen molar-refractivity contribution in [1.29, 1.82) is 0 Å². The molecule has 0 spiro atoms. The summed E-state index contributed by atoms with van der Waals surface area (Å²) in [5.41, 5.74) is 0.814. The molecule has 1 saturated carbocycles. The van der Waals surface area contributed by atoms with Gasteiger partial charge in [-0.2, -0.15) is 0 Å². The second-order valence-corrected chi connectivity index (χ2v) is 10.7. The van der Waals surface area contributed by atoms with Crippen LogP contribution in [0.3, 0.4) is 0 Å². The first-order chi connectivity index (χ1) is 14.6. The number of hydrogen-bond acceptors (Lipinski definition) is 4. The summed E-state index contributed by atoms with van der Waals surface area (Å²) in [6.07, 6.45) is 6.88. The van der Waals surface area contributed by atoms with Gasteiger partial charge in [0.2, 0.25) is 5.91 Å². The smallest absolute Gasteiger partial charge is 0.271 e. The third-order valence-corrected chi connectivity index (χ3v) is 8.34. The fourth-order valence-electron chi connectivity index (χ4n) is 4.84. The molecule has 1 atom stereocenters. The van der Waals surface area contributed by atoms with Gasteiger partial charge >= 0.3 is 0 Å². The van der Waals surface area contributed by atoms with Crippen LogP contribution >= 0.6 is 22.7 Å². The Hall–Kier alpha value is -2.12. The number of carbonyl (C=O) groups excluding carboxylic acids is 2. The van der Waals surface area contributed by atoms with Gasteiger partial charge in [0.25, 0.3) is 5.91 Å². The number of fused-ring (bicyclic) bond motifs is 3. The number of rotatable bonds is 4. The fourth-order valence-corrected chi connectivity index (χ4v) is 6.36. The highest BCUT2D eigenvalue weighted by molar-refractivity contribution is 7.17. The minimum Gasteiger partial charge on any atom is -0.351 e. The fraction of sp³-hybridized carbons (Fsp3) is 0.478. The van der Waals surface area contributed by atoms with E-state index < -0.39 is 5.54 Å². The molecule has 0 unspecified atom stereocenters. The molecule has 0 bridgehead atoms. The average Bonchev–Trinajstić information content (AvgIpc) is 3.42. The lowest BCUT2D eigenvalue weighted by atomic mass is 9.93. The highest BCUT2D eigenvalue weighted by Crippen LogP contribution is 2.36. The normalized spacial score (nSPS) is 22.8. The van der Waals surface area contributed by atoms with Crippen LogP contribution in [0.5, 0.6) is 0 Å². The number of aromatic nitrogens is 1. The second-order valence-electron chi connectivity index (χ2n) is 8.69. The number of nitrogens with one attached hydrogen (secondary N) is 1. The predicted molar refractivity (Wildman–Crippen MR) is 122 cm³/mol. The maximum atomic E-state index is 13.7. The zero-order chi connectivity index (χ0) is 20.7. The number of thiophene rings is 2. The van der Waals surface area contributed by atoms with Gasteiger partial charge < -0.3 is 14.8 Å². The van der Waals surface area contributed by atoms with Gasteiger partial charge in [0.1, 0.15) is 11.2 Å². The molecule has 1 aliphatic heterocycles. The Kier molecular flexibility index (Phi) is 5.19. The van der Waals surface area contributed by atoms with Crippen LogP contribution < -0.4 is 5.32 Å². The van der Waals surface area contributed by atoms with Crippen molar-refractivity contribution in [2.24, 2.45) is 0 Å². The van der Waals surface area contributed by atoms with Gasteiger partial charge in [-0.25, -0.2) is 0 Å². The van der Waals surface area contributed by atoms with Gasteiger partial charge in [-0.15, -0.1) is 22.7 Å². The monoisotopic (exact) mass is 441 g/mol. The first-order valence-corrected chi connectivity index (χ1v) is 12.5. The molecule has 2 amide bonds. The molecule has 1 fully saturated rings. The molecule has 3 aromatic heterocycles. The van der Waals surface area contributed by atoms with Crippen molar-refractivity contribution < 1.29 is 9.59 Å². The van der Waals surface area contributed by atoms with Crippen LogP contribution in [0.4, 0.5) is 0 Å². The van der Waals surface area contributed by atoms with Crippen molar-refractivity contribution in [2.75, 3.05) is 0 Å². The second kappa shape index (κ2) is 7.85. The van der Waals surface area contributed by atoms with E-state index in [-0.39, 0.29) is 17.9 Å². The first kappa shape index (κ1) is 19.8. The van der Waals surface area contributed by atoms with Gasteiger partial charge in [0, 0.05) is 10.9 Å². The summed E-state index contributed by atoms with van der Waals surface area (Å²) in [5, 5.41) is 7.39. The van der Waals surface area contributed by atoms with Crippen LogP contribution in [-0.2, 0) is 17.9 Å². The molecular weight excluding hydrogens is 414 g/mol. The topological polar surface area (TPSA) is 54.3 Å². The molecule has 3 aromatic rings. The number of amides is 2.